The highest BCUT2D eigenvalue weighted by molar-refractivity contribution is 7.92. The van der Waals surface area contributed by atoms with E-state index in [4.69, 9.17) is 4.99 Å². The Morgan fingerprint density at radius 3 is 2.66 bits per heavy atom. The van der Waals surface area contributed by atoms with Crippen LogP contribution in [0, 0.1) is 5.92 Å². The van der Waals surface area contributed by atoms with Gasteiger partial charge >= 0.3 is 0 Å². The Balaban J connectivity index is 1.30. The van der Waals surface area contributed by atoms with Crippen LogP contribution in [0.4, 0.5) is 5.69 Å². The lowest BCUT2D eigenvalue weighted by molar-refractivity contribution is 0.461. The van der Waals surface area contributed by atoms with E-state index in [1.807, 2.05) is 12.1 Å². The number of aliphatic imine (C=N–C) groups is 1. The molecule has 0 spiro atoms. The van der Waals surface area contributed by atoms with Gasteiger partial charge < -0.3 is 5.32 Å². The van der Waals surface area contributed by atoms with Gasteiger partial charge in [-0.05, 0) is 74.0 Å². The lowest BCUT2D eigenvalue weighted by Crippen LogP contribution is -2.29. The van der Waals surface area contributed by atoms with Crippen LogP contribution in [0.2, 0.25) is 0 Å². The molecule has 1 saturated heterocycles. The van der Waals surface area contributed by atoms with Crippen LogP contribution in [0.25, 0.3) is 0 Å². The fourth-order valence-corrected chi connectivity index (χ4v) is 6.05. The minimum Gasteiger partial charge on any atom is -0.317 e. The van der Waals surface area contributed by atoms with Crippen molar-refractivity contribution in [3.63, 3.8) is 0 Å². The predicted molar refractivity (Wildman–Crippen MR) is 116 cm³/mol. The fourth-order valence-electron chi connectivity index (χ4n) is 4.52. The number of fused-ring (bicyclic) bond motifs is 1. The number of hydrogen-bond acceptors (Lipinski definition) is 4. The normalized spacial score (nSPS) is 24.8. The summed E-state index contributed by atoms with van der Waals surface area (Å²) in [5.74, 6) is 1.10. The highest BCUT2D eigenvalue weighted by Gasteiger charge is 2.39. The van der Waals surface area contributed by atoms with E-state index >= 15 is 0 Å². The van der Waals surface area contributed by atoms with E-state index in [1.54, 1.807) is 28.6 Å². The van der Waals surface area contributed by atoms with Crippen molar-refractivity contribution in [1.82, 2.24) is 5.32 Å². The summed E-state index contributed by atoms with van der Waals surface area (Å²) in [6, 6.07) is 15.4. The van der Waals surface area contributed by atoms with Crippen LogP contribution in [-0.4, -0.2) is 40.3 Å². The molecule has 0 aromatic heterocycles. The van der Waals surface area contributed by atoms with Crippen LogP contribution in [0.15, 0.2) is 58.4 Å². The average Bonchev–Trinajstić information content (AvgIpc) is 3.41. The Bertz CT molecular complexity index is 1010. The molecule has 6 heteroatoms. The maximum Gasteiger partial charge on any atom is 0.264 e. The topological polar surface area (TPSA) is 61.8 Å². The van der Waals surface area contributed by atoms with Crippen LogP contribution < -0.4 is 9.62 Å². The van der Waals surface area contributed by atoms with E-state index in [-0.39, 0.29) is 0 Å². The van der Waals surface area contributed by atoms with Crippen molar-refractivity contribution in [3.8, 4) is 0 Å². The van der Waals surface area contributed by atoms with Crippen LogP contribution in [0.1, 0.15) is 36.3 Å². The average molecular weight is 410 g/mol. The van der Waals surface area contributed by atoms with E-state index in [2.05, 4.69) is 23.7 Å². The van der Waals surface area contributed by atoms with Crippen LogP contribution in [0.5, 0.6) is 0 Å². The number of rotatable bonds is 5. The minimum absolute atomic E-state index is 0.353. The van der Waals surface area contributed by atoms with E-state index in [1.165, 1.54) is 18.4 Å². The maximum atomic E-state index is 13.0. The standard InChI is InChI=1S/C23H27N3O2S/c27-29(28,20-4-2-1-3-5-20)26-13-10-19-14-18(6-7-23(19)26)21-15-22(21)25-16-17-8-11-24-12-9-17/h1-7,14,16-17,21-22,24H,8-13,15H2/t21-,22+/m0/s1. The molecule has 1 N–H and O–H groups in total. The van der Waals surface area contributed by atoms with Crippen molar-refractivity contribution in [2.45, 2.75) is 42.5 Å². The summed E-state index contributed by atoms with van der Waals surface area (Å²) >= 11 is 0. The molecule has 1 saturated carbocycles. The second-order valence-electron chi connectivity index (χ2n) is 8.32. The molecule has 0 radical (unpaired) electrons. The molecular formula is C23H27N3O2S. The zero-order valence-corrected chi connectivity index (χ0v) is 17.3. The Morgan fingerprint density at radius 2 is 1.86 bits per heavy atom. The van der Waals surface area contributed by atoms with Crippen LogP contribution >= 0.6 is 0 Å². The van der Waals surface area contributed by atoms with Gasteiger partial charge in [0.25, 0.3) is 10.0 Å². The summed E-state index contributed by atoms with van der Waals surface area (Å²) < 4.78 is 27.6. The molecule has 2 aromatic rings. The molecule has 5 nitrogen and oxygen atoms in total. The highest BCUT2D eigenvalue weighted by Crippen LogP contribution is 2.45. The Hall–Kier alpha value is -2.18. The third-order valence-corrected chi connectivity index (χ3v) is 8.17. The van der Waals surface area contributed by atoms with Gasteiger partial charge in [-0.1, -0.05) is 30.3 Å². The Kier molecular flexibility index (Phi) is 4.92. The third-order valence-electron chi connectivity index (χ3n) is 6.34. The molecule has 0 unspecified atom stereocenters. The van der Waals surface area contributed by atoms with Crippen molar-refractivity contribution >= 4 is 21.9 Å². The number of nitrogens with one attached hydrogen (secondary N) is 1. The zero-order chi connectivity index (χ0) is 19.8. The van der Waals surface area contributed by atoms with Crippen molar-refractivity contribution < 1.29 is 8.42 Å². The van der Waals surface area contributed by atoms with Gasteiger partial charge in [-0.15, -0.1) is 0 Å². The van der Waals surface area contributed by atoms with E-state index in [0.717, 1.165) is 37.2 Å². The van der Waals surface area contributed by atoms with Gasteiger partial charge in [-0.3, -0.25) is 9.30 Å². The Labute approximate surface area is 172 Å². The summed E-state index contributed by atoms with van der Waals surface area (Å²) in [4.78, 5) is 5.20. The fraction of sp³-hybridized carbons (Fsp3) is 0.435. The van der Waals surface area contributed by atoms with Gasteiger partial charge in [0, 0.05) is 18.7 Å². The van der Waals surface area contributed by atoms with Crippen molar-refractivity contribution in [1.29, 1.82) is 0 Å². The molecule has 2 fully saturated rings. The second kappa shape index (κ2) is 7.58. The van der Waals surface area contributed by atoms with Crippen molar-refractivity contribution in [3.05, 3.63) is 59.7 Å². The molecule has 0 amide bonds. The van der Waals surface area contributed by atoms with Gasteiger partial charge in [0.15, 0.2) is 0 Å². The largest absolute Gasteiger partial charge is 0.317 e. The lowest BCUT2D eigenvalue weighted by Gasteiger charge is -2.19. The molecule has 2 aliphatic heterocycles. The first-order chi connectivity index (χ1) is 14.1. The van der Waals surface area contributed by atoms with E-state index in [0.29, 0.717) is 29.3 Å². The summed E-state index contributed by atoms with van der Waals surface area (Å²) in [6.45, 7) is 2.70. The first kappa shape index (κ1) is 18.8. The lowest BCUT2D eigenvalue weighted by atomic mass is 10.00. The number of piperidine rings is 1. The molecule has 0 bridgehead atoms. The molecule has 1 aliphatic carbocycles. The molecule has 2 heterocycles. The van der Waals surface area contributed by atoms with Crippen molar-refractivity contribution in [2.24, 2.45) is 10.9 Å². The van der Waals surface area contributed by atoms with Crippen molar-refractivity contribution in [2.75, 3.05) is 23.9 Å². The van der Waals surface area contributed by atoms with E-state index in [9.17, 15) is 8.42 Å². The van der Waals surface area contributed by atoms with Gasteiger partial charge in [0.05, 0.1) is 16.6 Å². The number of sulfonamides is 1. The number of benzene rings is 2. The zero-order valence-electron chi connectivity index (χ0n) is 16.5. The maximum absolute atomic E-state index is 13.0. The Morgan fingerprint density at radius 1 is 1.07 bits per heavy atom. The molecule has 5 rings (SSSR count). The SMILES string of the molecule is O=S(=O)(c1ccccc1)N1CCc2cc([C@@H]3C[C@H]3N=CC3CCNCC3)ccc21. The highest BCUT2D eigenvalue weighted by atomic mass is 32.2. The molecule has 2 atom stereocenters. The molecular weight excluding hydrogens is 382 g/mol. The van der Waals surface area contributed by atoms with Gasteiger partial charge in [-0.2, -0.15) is 0 Å². The molecule has 152 valence electrons. The molecule has 3 aliphatic rings. The van der Waals surface area contributed by atoms with Gasteiger partial charge in [0.2, 0.25) is 0 Å². The number of hydrogen-bond donors (Lipinski definition) is 1. The van der Waals surface area contributed by atoms with Crippen LogP contribution in [-0.2, 0) is 16.4 Å². The third kappa shape index (κ3) is 3.71. The predicted octanol–water partition coefficient (Wildman–Crippen LogP) is 3.36. The summed E-state index contributed by atoms with van der Waals surface area (Å²) in [7, 11) is -3.50. The first-order valence-corrected chi connectivity index (χ1v) is 12.0. The second-order valence-corrected chi connectivity index (χ2v) is 10.2. The molecule has 2 aromatic carbocycles. The van der Waals surface area contributed by atoms with E-state index < -0.39 is 10.0 Å². The van der Waals surface area contributed by atoms with Crippen LogP contribution in [0.3, 0.4) is 0 Å². The summed E-state index contributed by atoms with van der Waals surface area (Å²) in [5.41, 5.74) is 3.26. The number of anilines is 1. The summed E-state index contributed by atoms with van der Waals surface area (Å²) in [5, 5.41) is 3.39. The number of nitrogens with zero attached hydrogens (tertiary/aromatic N) is 2. The van der Waals surface area contributed by atoms with Gasteiger partial charge in [-0.25, -0.2) is 8.42 Å². The van der Waals surface area contributed by atoms with Gasteiger partial charge in [0.1, 0.15) is 0 Å². The quantitative estimate of drug-likeness (QED) is 0.771. The minimum atomic E-state index is -3.50. The molecule has 29 heavy (non-hydrogen) atoms. The summed E-state index contributed by atoms with van der Waals surface area (Å²) in [6.07, 6.45) is 6.43. The monoisotopic (exact) mass is 409 g/mol. The first-order valence-electron chi connectivity index (χ1n) is 10.6. The smallest absolute Gasteiger partial charge is 0.264 e.